The highest BCUT2D eigenvalue weighted by Gasteiger charge is 2.12. The van der Waals surface area contributed by atoms with E-state index in [0.29, 0.717) is 67.1 Å². The molecule has 0 fully saturated rings. The SMILES string of the molecule is COc1ccc2cc1OCCCC(=O)CCN(C)Cc1cc(ccc1Cl)Nc1cc(ncn1)N2. The van der Waals surface area contributed by atoms with Gasteiger partial charge in [0, 0.05) is 54.5 Å². The van der Waals surface area contributed by atoms with Crippen LogP contribution < -0.4 is 20.1 Å². The average molecular weight is 482 g/mol. The van der Waals surface area contributed by atoms with Crippen LogP contribution in [0.5, 0.6) is 11.5 Å². The number of hydrogen-bond acceptors (Lipinski definition) is 8. The Balaban J connectivity index is 1.62. The summed E-state index contributed by atoms with van der Waals surface area (Å²) >= 11 is 6.44. The van der Waals surface area contributed by atoms with E-state index in [-0.39, 0.29) is 5.78 Å². The van der Waals surface area contributed by atoms with Crippen molar-refractivity contribution in [1.82, 2.24) is 14.9 Å². The predicted molar refractivity (Wildman–Crippen MR) is 134 cm³/mol. The molecule has 1 aromatic heterocycles. The third-order valence-corrected chi connectivity index (χ3v) is 5.86. The van der Waals surface area contributed by atoms with Crippen molar-refractivity contribution in [3.8, 4) is 11.5 Å². The second kappa shape index (κ2) is 11.2. The molecule has 1 aliphatic heterocycles. The van der Waals surface area contributed by atoms with Gasteiger partial charge in [0.15, 0.2) is 11.5 Å². The first kappa shape index (κ1) is 23.8. The van der Waals surface area contributed by atoms with Crippen molar-refractivity contribution in [2.45, 2.75) is 25.8 Å². The number of fused-ring (bicyclic) bond motifs is 6. The van der Waals surface area contributed by atoms with E-state index < -0.39 is 0 Å². The fraction of sp³-hybridized carbons (Fsp3) is 0.320. The molecule has 0 radical (unpaired) electrons. The predicted octanol–water partition coefficient (Wildman–Crippen LogP) is 5.19. The smallest absolute Gasteiger partial charge is 0.163 e. The van der Waals surface area contributed by atoms with Crippen LogP contribution in [0, 0.1) is 0 Å². The molecule has 2 N–H and O–H groups in total. The number of halogens is 1. The lowest BCUT2D eigenvalue weighted by atomic mass is 10.1. The molecule has 0 atom stereocenters. The maximum atomic E-state index is 12.4. The van der Waals surface area contributed by atoms with Crippen molar-refractivity contribution in [3.63, 3.8) is 0 Å². The third-order valence-electron chi connectivity index (χ3n) is 5.49. The molecule has 6 bridgehead atoms. The molecule has 2 aromatic carbocycles. The van der Waals surface area contributed by atoms with Crippen LogP contribution in [0.1, 0.15) is 24.8 Å². The van der Waals surface area contributed by atoms with E-state index in [1.54, 1.807) is 7.11 Å². The first-order chi connectivity index (χ1) is 16.5. The summed E-state index contributed by atoms with van der Waals surface area (Å²) in [5.74, 6) is 2.72. The normalized spacial score (nSPS) is 15.4. The zero-order valence-corrected chi connectivity index (χ0v) is 20.1. The van der Waals surface area contributed by atoms with Gasteiger partial charge in [-0.05, 0) is 49.4 Å². The van der Waals surface area contributed by atoms with E-state index in [2.05, 4.69) is 25.5 Å². The standard InChI is InChI=1S/C25H28ClN5O3/c1-31-10-9-20(32)4-3-11-34-23-13-19(6-8-22(23)33-2)30-25-14-24(27-16-28-25)29-18-5-7-21(26)17(12-18)15-31/h5-8,12-14,16H,3-4,9-11,15H2,1-2H3,(H2,27,28,29,30). The Bertz CT molecular complexity index is 1160. The lowest BCUT2D eigenvalue weighted by Crippen LogP contribution is -2.22. The van der Waals surface area contributed by atoms with Gasteiger partial charge in [-0.3, -0.25) is 4.79 Å². The summed E-state index contributed by atoms with van der Waals surface area (Å²) in [6.45, 7) is 1.71. The van der Waals surface area contributed by atoms with Crippen LogP contribution >= 0.6 is 11.6 Å². The Kier molecular flexibility index (Phi) is 7.82. The van der Waals surface area contributed by atoms with Crippen LogP contribution in [0.4, 0.5) is 23.0 Å². The minimum atomic E-state index is 0.212. The molecular weight excluding hydrogens is 454 g/mol. The summed E-state index contributed by atoms with van der Waals surface area (Å²) in [6, 6.07) is 13.2. The molecule has 0 saturated carbocycles. The van der Waals surface area contributed by atoms with E-state index in [1.807, 2.05) is 49.5 Å². The number of ketones is 1. The average Bonchev–Trinajstić information content (AvgIpc) is 2.82. The summed E-state index contributed by atoms with van der Waals surface area (Å²) in [7, 11) is 3.59. The van der Waals surface area contributed by atoms with E-state index in [0.717, 1.165) is 16.9 Å². The topological polar surface area (TPSA) is 88.6 Å². The number of rotatable bonds is 1. The molecule has 0 amide bonds. The summed E-state index contributed by atoms with van der Waals surface area (Å²) in [5.41, 5.74) is 2.63. The molecule has 178 valence electrons. The van der Waals surface area contributed by atoms with Crippen LogP contribution in [-0.2, 0) is 11.3 Å². The number of nitrogens with one attached hydrogen (secondary N) is 2. The number of nitrogens with zero attached hydrogens (tertiary/aromatic N) is 3. The van der Waals surface area contributed by atoms with E-state index in [4.69, 9.17) is 21.1 Å². The van der Waals surface area contributed by atoms with Gasteiger partial charge in [0.1, 0.15) is 23.7 Å². The molecule has 3 aromatic rings. The summed E-state index contributed by atoms with van der Waals surface area (Å²) in [5, 5.41) is 7.27. The number of hydrogen-bond donors (Lipinski definition) is 2. The first-order valence-corrected chi connectivity index (χ1v) is 11.5. The highest BCUT2D eigenvalue weighted by atomic mass is 35.5. The Morgan fingerprint density at radius 1 is 1.03 bits per heavy atom. The van der Waals surface area contributed by atoms with Crippen LogP contribution in [0.25, 0.3) is 0 Å². The summed E-state index contributed by atoms with van der Waals surface area (Å²) in [6.07, 6.45) is 3.09. The minimum Gasteiger partial charge on any atom is -0.493 e. The fourth-order valence-corrected chi connectivity index (χ4v) is 3.87. The maximum Gasteiger partial charge on any atom is 0.163 e. The maximum absolute atomic E-state index is 12.4. The van der Waals surface area contributed by atoms with Crippen LogP contribution in [0.2, 0.25) is 5.02 Å². The molecule has 9 heteroatoms. The van der Waals surface area contributed by atoms with Crippen LogP contribution in [-0.4, -0.2) is 48.0 Å². The Morgan fingerprint density at radius 2 is 1.76 bits per heavy atom. The number of methoxy groups -OCH3 is 1. The first-order valence-electron chi connectivity index (χ1n) is 11.2. The Hall–Kier alpha value is -3.36. The molecular formula is C25H28ClN5O3. The zero-order valence-electron chi connectivity index (χ0n) is 19.3. The number of Topliss-reactive ketones (excluding diaryl/α,β-unsaturated/α-hetero) is 1. The lowest BCUT2D eigenvalue weighted by molar-refractivity contribution is -0.119. The highest BCUT2D eigenvalue weighted by molar-refractivity contribution is 6.31. The fourth-order valence-electron chi connectivity index (χ4n) is 3.69. The highest BCUT2D eigenvalue weighted by Crippen LogP contribution is 2.32. The number of anilines is 4. The van der Waals surface area contributed by atoms with Gasteiger partial charge in [-0.15, -0.1) is 0 Å². The van der Waals surface area contributed by atoms with Crippen LogP contribution in [0.15, 0.2) is 48.8 Å². The van der Waals surface area contributed by atoms with Crippen molar-refractivity contribution in [1.29, 1.82) is 0 Å². The quantitative estimate of drug-likeness (QED) is 0.491. The van der Waals surface area contributed by atoms with Crippen molar-refractivity contribution < 1.29 is 14.3 Å². The number of carbonyl (C=O) groups is 1. The van der Waals surface area contributed by atoms with Crippen molar-refractivity contribution in [3.05, 3.63) is 59.4 Å². The summed E-state index contributed by atoms with van der Waals surface area (Å²) in [4.78, 5) is 23.1. The minimum absolute atomic E-state index is 0.212. The van der Waals surface area contributed by atoms with Gasteiger partial charge >= 0.3 is 0 Å². The molecule has 1 aliphatic rings. The molecule has 4 rings (SSSR count). The Morgan fingerprint density at radius 3 is 2.53 bits per heavy atom. The monoisotopic (exact) mass is 481 g/mol. The number of benzene rings is 2. The zero-order chi connectivity index (χ0) is 23.9. The van der Waals surface area contributed by atoms with Gasteiger partial charge in [0.05, 0.1) is 13.7 Å². The van der Waals surface area contributed by atoms with Crippen molar-refractivity contribution in [2.75, 3.05) is 37.9 Å². The number of aromatic nitrogens is 2. The van der Waals surface area contributed by atoms with Gasteiger partial charge < -0.3 is 25.0 Å². The molecule has 0 saturated heterocycles. The summed E-state index contributed by atoms with van der Waals surface area (Å²) < 4.78 is 11.4. The van der Waals surface area contributed by atoms with Crippen LogP contribution in [0.3, 0.4) is 0 Å². The van der Waals surface area contributed by atoms with E-state index >= 15 is 0 Å². The van der Waals surface area contributed by atoms with E-state index in [9.17, 15) is 4.79 Å². The van der Waals surface area contributed by atoms with E-state index in [1.165, 1.54) is 6.33 Å². The largest absolute Gasteiger partial charge is 0.493 e. The van der Waals surface area contributed by atoms with Gasteiger partial charge in [0.25, 0.3) is 0 Å². The van der Waals surface area contributed by atoms with Gasteiger partial charge in [-0.25, -0.2) is 9.97 Å². The molecule has 0 unspecified atom stereocenters. The van der Waals surface area contributed by atoms with Crippen molar-refractivity contribution in [2.24, 2.45) is 0 Å². The number of carbonyl (C=O) groups excluding carboxylic acids is 1. The Labute approximate surface area is 204 Å². The molecule has 0 aliphatic carbocycles. The second-order valence-corrected chi connectivity index (χ2v) is 8.60. The number of ether oxygens (including phenoxy) is 2. The lowest BCUT2D eigenvalue weighted by Gasteiger charge is -2.18. The molecule has 2 heterocycles. The van der Waals surface area contributed by atoms with Crippen molar-refractivity contribution >= 4 is 40.4 Å². The second-order valence-electron chi connectivity index (χ2n) is 8.19. The third kappa shape index (κ3) is 6.36. The van der Waals surface area contributed by atoms with Gasteiger partial charge in [-0.1, -0.05) is 11.6 Å². The van der Waals surface area contributed by atoms with Gasteiger partial charge in [-0.2, -0.15) is 0 Å². The molecule has 34 heavy (non-hydrogen) atoms. The van der Waals surface area contributed by atoms with Gasteiger partial charge in [0.2, 0.25) is 0 Å². The molecule has 8 nitrogen and oxygen atoms in total. The molecule has 0 spiro atoms.